The molecule has 0 heterocycles. The van der Waals surface area contributed by atoms with Gasteiger partial charge in [-0.05, 0) is 35.9 Å². The van der Waals surface area contributed by atoms with E-state index in [1.165, 1.54) is 5.39 Å². The van der Waals surface area contributed by atoms with Crippen LogP contribution in [0.5, 0.6) is 5.75 Å². The van der Waals surface area contributed by atoms with E-state index in [1.54, 1.807) is 0 Å². The molecule has 3 aromatic carbocycles. The van der Waals surface area contributed by atoms with Crippen LogP contribution in [0.3, 0.4) is 0 Å². The van der Waals surface area contributed by atoms with Gasteiger partial charge < -0.3 is 4.74 Å². The van der Waals surface area contributed by atoms with Gasteiger partial charge in [-0.25, -0.2) is 0 Å². The molecule has 3 rings (SSSR count). The third-order valence-electron chi connectivity index (χ3n) is 3.33. The topological polar surface area (TPSA) is 21.6 Å². The van der Waals surface area contributed by atoms with Crippen molar-refractivity contribution in [3.63, 3.8) is 0 Å². The number of hydrogen-bond donors (Lipinski definition) is 0. The number of hydrogen-bond acceptors (Lipinski definition) is 2. The minimum atomic E-state index is 0.643. The van der Waals surface area contributed by atoms with E-state index in [-0.39, 0.29) is 0 Å². The van der Waals surface area contributed by atoms with Crippen LogP contribution in [0.25, 0.3) is 10.8 Å². The van der Waals surface area contributed by atoms with E-state index in [0.717, 1.165) is 22.4 Å². The highest BCUT2D eigenvalue weighted by Gasteiger charge is 2.06. The van der Waals surface area contributed by atoms with Crippen molar-refractivity contribution in [3.05, 3.63) is 72.3 Å². The quantitative estimate of drug-likeness (QED) is 0.615. The molecule has 0 aromatic heterocycles. The minimum Gasteiger partial charge on any atom is -0.493 e. The van der Waals surface area contributed by atoms with Gasteiger partial charge in [0.2, 0.25) is 0 Å². The van der Waals surface area contributed by atoms with Gasteiger partial charge in [0.1, 0.15) is 5.75 Å². The summed E-state index contributed by atoms with van der Waals surface area (Å²) in [6.07, 6.45) is 1.89. The lowest BCUT2D eigenvalue weighted by Gasteiger charge is -2.10. The molecule has 21 heavy (non-hydrogen) atoms. The lowest BCUT2D eigenvalue weighted by molar-refractivity contribution is 0.340. The highest BCUT2D eigenvalue weighted by atomic mass is 16.5. The standard InChI is InChI=1S/C19H17NO/c1-2-21-19-13-12-15-8-6-7-11-17(15)18(19)14-20-16-9-4-3-5-10-16/h3-14H,2H2,1H3. The Morgan fingerprint density at radius 3 is 2.48 bits per heavy atom. The first-order valence-corrected chi connectivity index (χ1v) is 7.12. The largest absolute Gasteiger partial charge is 0.493 e. The number of fused-ring (bicyclic) bond motifs is 1. The smallest absolute Gasteiger partial charge is 0.128 e. The zero-order valence-corrected chi connectivity index (χ0v) is 12.0. The molecule has 2 nitrogen and oxygen atoms in total. The van der Waals surface area contributed by atoms with Crippen LogP contribution < -0.4 is 4.74 Å². The maximum atomic E-state index is 5.74. The molecular weight excluding hydrogens is 258 g/mol. The van der Waals surface area contributed by atoms with E-state index in [2.05, 4.69) is 23.2 Å². The molecule has 3 aromatic rings. The van der Waals surface area contributed by atoms with Gasteiger partial charge in [0, 0.05) is 11.8 Å². The number of benzene rings is 3. The minimum absolute atomic E-state index is 0.643. The molecule has 0 spiro atoms. The van der Waals surface area contributed by atoms with Crippen molar-refractivity contribution in [2.45, 2.75) is 6.92 Å². The first kappa shape index (κ1) is 13.4. The average molecular weight is 275 g/mol. The molecule has 104 valence electrons. The van der Waals surface area contributed by atoms with Crippen LogP contribution in [-0.2, 0) is 0 Å². The molecule has 0 radical (unpaired) electrons. The van der Waals surface area contributed by atoms with E-state index in [0.29, 0.717) is 6.61 Å². The molecule has 2 heteroatoms. The maximum Gasteiger partial charge on any atom is 0.128 e. The molecular formula is C19H17NO. The summed E-state index contributed by atoms with van der Waals surface area (Å²) in [6.45, 7) is 2.64. The Hall–Kier alpha value is -2.61. The van der Waals surface area contributed by atoms with Crippen LogP contribution in [0.4, 0.5) is 5.69 Å². The second-order valence-electron chi connectivity index (χ2n) is 4.73. The van der Waals surface area contributed by atoms with Crippen LogP contribution in [0, 0.1) is 0 Å². The van der Waals surface area contributed by atoms with Crippen molar-refractivity contribution >= 4 is 22.7 Å². The zero-order valence-electron chi connectivity index (χ0n) is 12.0. The van der Waals surface area contributed by atoms with Crippen molar-refractivity contribution < 1.29 is 4.74 Å². The van der Waals surface area contributed by atoms with Crippen LogP contribution in [0.15, 0.2) is 71.7 Å². The molecule has 0 aliphatic carbocycles. The van der Waals surface area contributed by atoms with E-state index >= 15 is 0 Å². The molecule has 0 saturated heterocycles. The van der Waals surface area contributed by atoms with Crippen LogP contribution in [0.2, 0.25) is 0 Å². The van der Waals surface area contributed by atoms with Gasteiger partial charge in [-0.3, -0.25) is 4.99 Å². The number of nitrogens with zero attached hydrogens (tertiary/aromatic N) is 1. The van der Waals surface area contributed by atoms with Crippen molar-refractivity contribution in [2.24, 2.45) is 4.99 Å². The fourth-order valence-electron chi connectivity index (χ4n) is 2.34. The Morgan fingerprint density at radius 2 is 1.67 bits per heavy atom. The molecule has 0 aliphatic rings. The Morgan fingerprint density at radius 1 is 0.905 bits per heavy atom. The molecule has 0 aliphatic heterocycles. The van der Waals surface area contributed by atoms with E-state index in [4.69, 9.17) is 4.74 Å². The molecule has 0 atom stereocenters. The van der Waals surface area contributed by atoms with Crippen molar-refractivity contribution in [2.75, 3.05) is 6.61 Å². The number of rotatable bonds is 4. The van der Waals surface area contributed by atoms with E-state index in [1.807, 2.05) is 61.7 Å². The molecule has 0 saturated carbocycles. The number of ether oxygens (including phenoxy) is 1. The van der Waals surface area contributed by atoms with Crippen LogP contribution in [0.1, 0.15) is 12.5 Å². The monoisotopic (exact) mass is 275 g/mol. The lowest BCUT2D eigenvalue weighted by Crippen LogP contribution is -1.97. The molecule has 0 amide bonds. The fraction of sp³-hybridized carbons (Fsp3) is 0.105. The highest BCUT2D eigenvalue weighted by molar-refractivity contribution is 6.03. The van der Waals surface area contributed by atoms with Crippen LogP contribution >= 0.6 is 0 Å². The predicted octanol–water partition coefficient (Wildman–Crippen LogP) is 4.99. The third-order valence-corrected chi connectivity index (χ3v) is 3.33. The summed E-state index contributed by atoms with van der Waals surface area (Å²) in [5, 5.41) is 2.35. The molecule has 0 fully saturated rings. The predicted molar refractivity (Wildman–Crippen MR) is 88.8 cm³/mol. The van der Waals surface area contributed by atoms with Gasteiger partial charge in [-0.15, -0.1) is 0 Å². The van der Waals surface area contributed by atoms with Gasteiger partial charge >= 0.3 is 0 Å². The van der Waals surface area contributed by atoms with Gasteiger partial charge in [0.15, 0.2) is 0 Å². The normalized spacial score (nSPS) is 11.1. The second kappa shape index (κ2) is 6.23. The highest BCUT2D eigenvalue weighted by Crippen LogP contribution is 2.27. The Labute approximate surface area is 124 Å². The van der Waals surface area contributed by atoms with Gasteiger partial charge in [0.25, 0.3) is 0 Å². The summed E-state index contributed by atoms with van der Waals surface area (Å²) >= 11 is 0. The van der Waals surface area contributed by atoms with E-state index in [9.17, 15) is 0 Å². The molecule has 0 N–H and O–H groups in total. The maximum absolute atomic E-state index is 5.74. The Kier molecular flexibility index (Phi) is 3.97. The van der Waals surface area contributed by atoms with Crippen molar-refractivity contribution in [1.82, 2.24) is 0 Å². The Bertz CT molecular complexity index is 763. The van der Waals surface area contributed by atoms with Crippen molar-refractivity contribution in [1.29, 1.82) is 0 Å². The summed E-state index contributed by atoms with van der Waals surface area (Å²) in [4.78, 5) is 4.56. The third kappa shape index (κ3) is 2.95. The number of aliphatic imine (C=N–C) groups is 1. The average Bonchev–Trinajstić information content (AvgIpc) is 2.55. The van der Waals surface area contributed by atoms with Crippen molar-refractivity contribution in [3.8, 4) is 5.75 Å². The Balaban J connectivity index is 2.10. The van der Waals surface area contributed by atoms with Gasteiger partial charge in [0.05, 0.1) is 12.3 Å². The summed E-state index contributed by atoms with van der Waals surface area (Å²) in [5.74, 6) is 0.871. The molecule has 0 bridgehead atoms. The summed E-state index contributed by atoms with van der Waals surface area (Å²) < 4.78 is 5.74. The van der Waals surface area contributed by atoms with E-state index < -0.39 is 0 Å². The van der Waals surface area contributed by atoms with Gasteiger partial charge in [-0.1, -0.05) is 48.5 Å². The van der Waals surface area contributed by atoms with Gasteiger partial charge in [-0.2, -0.15) is 0 Å². The lowest BCUT2D eigenvalue weighted by atomic mass is 10.0. The van der Waals surface area contributed by atoms with Crippen LogP contribution in [-0.4, -0.2) is 12.8 Å². The fourth-order valence-corrected chi connectivity index (χ4v) is 2.34. The summed E-state index contributed by atoms with van der Waals surface area (Å²) in [5.41, 5.74) is 1.96. The first-order valence-electron chi connectivity index (χ1n) is 7.12. The number of para-hydroxylation sites is 1. The SMILES string of the molecule is CCOc1ccc2ccccc2c1C=Nc1ccccc1. The first-order chi connectivity index (χ1) is 10.4. The second-order valence-corrected chi connectivity index (χ2v) is 4.73. The summed E-state index contributed by atoms with van der Waals surface area (Å²) in [7, 11) is 0. The molecule has 0 unspecified atom stereocenters. The summed E-state index contributed by atoms with van der Waals surface area (Å²) in [6, 6.07) is 22.3. The zero-order chi connectivity index (χ0) is 14.5.